The Morgan fingerprint density at radius 3 is 2.50 bits per heavy atom. The summed E-state index contributed by atoms with van der Waals surface area (Å²) in [7, 11) is 1.46. The van der Waals surface area contributed by atoms with Crippen molar-refractivity contribution in [3.05, 3.63) is 54.4 Å². The van der Waals surface area contributed by atoms with Crippen molar-refractivity contribution in [1.82, 2.24) is 14.5 Å². The monoisotopic (exact) mass is 448 g/mol. The van der Waals surface area contributed by atoms with E-state index in [9.17, 15) is 22.8 Å². The van der Waals surface area contributed by atoms with E-state index in [0.29, 0.717) is 17.9 Å². The smallest absolute Gasteiger partial charge is 0.449 e. The number of fused-ring (bicyclic) bond motifs is 1. The van der Waals surface area contributed by atoms with E-state index in [1.807, 2.05) is 6.92 Å². The Labute approximate surface area is 182 Å². The van der Waals surface area contributed by atoms with E-state index in [-0.39, 0.29) is 24.1 Å². The predicted molar refractivity (Wildman–Crippen MR) is 113 cm³/mol. The zero-order valence-electron chi connectivity index (χ0n) is 17.6. The summed E-state index contributed by atoms with van der Waals surface area (Å²) in [6.45, 7) is 1.13. The summed E-state index contributed by atoms with van der Waals surface area (Å²) in [5, 5.41) is 2.67. The maximum atomic E-state index is 13.5. The van der Waals surface area contributed by atoms with E-state index >= 15 is 0 Å². The van der Waals surface area contributed by atoms with Crippen LogP contribution in [-0.2, 0) is 22.3 Å². The van der Waals surface area contributed by atoms with Gasteiger partial charge in [-0.25, -0.2) is 4.98 Å². The lowest BCUT2D eigenvalue weighted by atomic mass is 10.3. The number of ether oxygens (including phenoxy) is 1. The zero-order valence-corrected chi connectivity index (χ0v) is 17.6. The molecule has 0 spiro atoms. The van der Waals surface area contributed by atoms with E-state index in [1.54, 1.807) is 36.4 Å². The topological polar surface area (TPSA) is 76.5 Å². The minimum Gasteiger partial charge on any atom is -0.495 e. The number of imidazole rings is 1. The van der Waals surface area contributed by atoms with Crippen molar-refractivity contribution in [2.75, 3.05) is 25.5 Å². The van der Waals surface area contributed by atoms with Crippen LogP contribution < -0.4 is 10.1 Å². The molecule has 3 aromatic rings. The van der Waals surface area contributed by atoms with Gasteiger partial charge < -0.3 is 19.5 Å². The third kappa shape index (κ3) is 5.19. The van der Waals surface area contributed by atoms with E-state index in [4.69, 9.17) is 4.74 Å². The van der Waals surface area contributed by atoms with Crippen LogP contribution in [0.25, 0.3) is 11.0 Å². The standard InChI is InChI=1S/C22H23F3N4O3/c1-3-12-28(13-19(30)26-16-9-5-7-11-18(16)32-2)20(31)14-29-17-10-6-4-8-15(17)27-21(29)22(23,24)25/h4-11H,3,12-14H2,1-2H3,(H,26,30). The molecule has 0 atom stereocenters. The molecular formula is C22H23F3N4O3. The SMILES string of the molecule is CCCN(CC(=O)Nc1ccccc1OC)C(=O)Cn1c(C(F)(F)F)nc2ccccc21. The summed E-state index contributed by atoms with van der Waals surface area (Å²) in [6.07, 6.45) is -4.19. The minimum absolute atomic E-state index is 0.142. The second-order valence-corrected chi connectivity index (χ2v) is 7.07. The first-order valence-electron chi connectivity index (χ1n) is 9.97. The van der Waals surface area contributed by atoms with Crippen molar-refractivity contribution in [1.29, 1.82) is 0 Å². The summed E-state index contributed by atoms with van der Waals surface area (Å²) in [5.41, 5.74) is 0.774. The Morgan fingerprint density at radius 1 is 1.12 bits per heavy atom. The Balaban J connectivity index is 1.81. The lowest BCUT2D eigenvalue weighted by molar-refractivity contribution is -0.148. The number of hydrogen-bond acceptors (Lipinski definition) is 4. The summed E-state index contributed by atoms with van der Waals surface area (Å²) in [6, 6.07) is 12.9. The van der Waals surface area contributed by atoms with E-state index < -0.39 is 30.4 Å². The number of amides is 2. The van der Waals surface area contributed by atoms with Gasteiger partial charge in [0.05, 0.1) is 30.4 Å². The molecule has 10 heteroatoms. The summed E-state index contributed by atoms with van der Waals surface area (Å²) < 4.78 is 46.6. The molecule has 1 N–H and O–H groups in total. The number of para-hydroxylation sites is 4. The summed E-state index contributed by atoms with van der Waals surface area (Å²) in [4.78, 5) is 30.4. The fraction of sp³-hybridized carbons (Fsp3) is 0.318. The molecule has 0 aliphatic rings. The van der Waals surface area contributed by atoms with Crippen LogP contribution in [0, 0.1) is 0 Å². The number of benzene rings is 2. The number of anilines is 1. The largest absolute Gasteiger partial charge is 0.495 e. The van der Waals surface area contributed by atoms with E-state index in [1.165, 1.54) is 24.1 Å². The van der Waals surface area contributed by atoms with Gasteiger partial charge in [-0.1, -0.05) is 31.2 Å². The molecule has 2 aromatic carbocycles. The van der Waals surface area contributed by atoms with Gasteiger partial charge in [0.25, 0.3) is 0 Å². The minimum atomic E-state index is -4.73. The van der Waals surface area contributed by atoms with Gasteiger partial charge in [-0.05, 0) is 30.7 Å². The van der Waals surface area contributed by atoms with Gasteiger partial charge in [-0.3, -0.25) is 9.59 Å². The first-order valence-corrected chi connectivity index (χ1v) is 9.97. The van der Waals surface area contributed by atoms with Crippen molar-refractivity contribution in [2.24, 2.45) is 0 Å². The van der Waals surface area contributed by atoms with Crippen LogP contribution in [0.1, 0.15) is 19.2 Å². The average molecular weight is 448 g/mol. The second kappa shape index (κ2) is 9.71. The van der Waals surface area contributed by atoms with Crippen LogP contribution in [0.2, 0.25) is 0 Å². The normalized spacial score (nSPS) is 11.4. The molecule has 2 amide bonds. The number of rotatable bonds is 8. The fourth-order valence-corrected chi connectivity index (χ4v) is 3.36. The van der Waals surface area contributed by atoms with Gasteiger partial charge in [0, 0.05) is 6.54 Å². The number of methoxy groups -OCH3 is 1. The molecule has 0 unspecified atom stereocenters. The number of alkyl halides is 3. The highest BCUT2D eigenvalue weighted by molar-refractivity contribution is 5.95. The van der Waals surface area contributed by atoms with Gasteiger partial charge in [0.15, 0.2) is 0 Å². The van der Waals surface area contributed by atoms with Crippen LogP contribution in [0.3, 0.4) is 0 Å². The molecule has 1 aromatic heterocycles. The van der Waals surface area contributed by atoms with Crippen LogP contribution in [0.15, 0.2) is 48.5 Å². The Kier molecular flexibility index (Phi) is 7.01. The second-order valence-electron chi connectivity index (χ2n) is 7.07. The molecule has 0 bridgehead atoms. The molecule has 0 saturated heterocycles. The van der Waals surface area contributed by atoms with E-state index in [0.717, 1.165) is 4.57 Å². The highest BCUT2D eigenvalue weighted by atomic mass is 19.4. The maximum absolute atomic E-state index is 13.5. The number of nitrogens with zero attached hydrogens (tertiary/aromatic N) is 3. The molecule has 3 rings (SSSR count). The highest BCUT2D eigenvalue weighted by Gasteiger charge is 2.38. The molecule has 0 aliphatic heterocycles. The molecule has 0 fully saturated rings. The molecule has 0 saturated carbocycles. The van der Waals surface area contributed by atoms with Gasteiger partial charge in [-0.15, -0.1) is 0 Å². The number of carbonyl (C=O) groups is 2. The van der Waals surface area contributed by atoms with Crippen LogP contribution >= 0.6 is 0 Å². The molecule has 0 radical (unpaired) electrons. The lowest BCUT2D eigenvalue weighted by Crippen LogP contribution is -2.40. The molecule has 170 valence electrons. The van der Waals surface area contributed by atoms with Crippen LogP contribution in [0.5, 0.6) is 5.75 Å². The maximum Gasteiger partial charge on any atom is 0.449 e. The number of aromatic nitrogens is 2. The quantitative estimate of drug-likeness (QED) is 0.566. The Bertz CT molecular complexity index is 1110. The van der Waals surface area contributed by atoms with E-state index in [2.05, 4.69) is 10.3 Å². The lowest BCUT2D eigenvalue weighted by Gasteiger charge is -2.23. The summed E-state index contributed by atoms with van der Waals surface area (Å²) >= 11 is 0. The summed E-state index contributed by atoms with van der Waals surface area (Å²) in [5.74, 6) is -1.80. The number of hydrogen-bond donors (Lipinski definition) is 1. The van der Waals surface area contributed by atoms with Crippen molar-refractivity contribution >= 4 is 28.5 Å². The van der Waals surface area contributed by atoms with Crippen molar-refractivity contribution in [3.63, 3.8) is 0 Å². The van der Waals surface area contributed by atoms with Crippen molar-refractivity contribution in [3.8, 4) is 5.75 Å². The molecular weight excluding hydrogens is 425 g/mol. The number of halogens is 3. The number of carbonyl (C=O) groups excluding carboxylic acids is 2. The molecule has 0 aliphatic carbocycles. The Morgan fingerprint density at radius 2 is 1.81 bits per heavy atom. The first kappa shape index (κ1) is 23.1. The molecule has 7 nitrogen and oxygen atoms in total. The van der Waals surface area contributed by atoms with Crippen LogP contribution in [-0.4, -0.2) is 46.5 Å². The predicted octanol–water partition coefficient (Wildman–Crippen LogP) is 3.94. The zero-order chi connectivity index (χ0) is 23.3. The third-order valence-corrected chi connectivity index (χ3v) is 4.76. The highest BCUT2D eigenvalue weighted by Crippen LogP contribution is 2.31. The molecule has 32 heavy (non-hydrogen) atoms. The first-order chi connectivity index (χ1) is 15.2. The number of nitrogens with one attached hydrogen (secondary N) is 1. The fourth-order valence-electron chi connectivity index (χ4n) is 3.36. The van der Waals surface area contributed by atoms with Crippen molar-refractivity contribution in [2.45, 2.75) is 26.1 Å². The molecule has 1 heterocycles. The van der Waals surface area contributed by atoms with Gasteiger partial charge >= 0.3 is 6.18 Å². The van der Waals surface area contributed by atoms with Gasteiger partial charge in [0.2, 0.25) is 17.6 Å². The third-order valence-electron chi connectivity index (χ3n) is 4.76. The van der Waals surface area contributed by atoms with Crippen molar-refractivity contribution < 1.29 is 27.5 Å². The average Bonchev–Trinajstić information content (AvgIpc) is 3.13. The Hall–Kier alpha value is -3.56. The van der Waals surface area contributed by atoms with Gasteiger partial charge in [0.1, 0.15) is 12.3 Å². The van der Waals surface area contributed by atoms with Gasteiger partial charge in [-0.2, -0.15) is 13.2 Å². The van der Waals surface area contributed by atoms with Crippen LogP contribution in [0.4, 0.5) is 18.9 Å².